The third-order valence-corrected chi connectivity index (χ3v) is 3.09. The van der Waals surface area contributed by atoms with Gasteiger partial charge < -0.3 is 14.4 Å². The number of carbonyl (C=O) groups is 2. The third kappa shape index (κ3) is 6.04. The number of methoxy groups -OCH3 is 1. The van der Waals surface area contributed by atoms with Crippen LogP contribution in [0.5, 0.6) is 5.75 Å². The quantitative estimate of drug-likeness (QED) is 0.726. The number of halogens is 1. The molecule has 116 valence electrons. The van der Waals surface area contributed by atoms with Gasteiger partial charge in [0.1, 0.15) is 12.3 Å². The summed E-state index contributed by atoms with van der Waals surface area (Å²) < 4.78 is 10.1. The highest BCUT2D eigenvalue weighted by Gasteiger charge is 2.20. The van der Waals surface area contributed by atoms with Crippen molar-refractivity contribution in [2.45, 2.75) is 26.3 Å². The molecule has 1 rings (SSSR count). The molecule has 0 radical (unpaired) electrons. The lowest BCUT2D eigenvalue weighted by molar-refractivity contribution is -0.148. The van der Waals surface area contributed by atoms with Crippen LogP contribution in [0.15, 0.2) is 24.3 Å². The standard InChI is InChI=1S/C15H20ClNO4/c1-11(2)17(10-15(19)20-3)14(18)7-8-21-13-6-4-5-12(16)9-13/h4-6,9,11H,7-8,10H2,1-3H3. The Balaban J connectivity index is 2.48. The lowest BCUT2D eigenvalue weighted by Gasteiger charge is -2.25. The Labute approximate surface area is 129 Å². The van der Waals surface area contributed by atoms with Crippen molar-refractivity contribution in [3.63, 3.8) is 0 Å². The number of ether oxygens (including phenoxy) is 2. The highest BCUT2D eigenvalue weighted by molar-refractivity contribution is 6.30. The van der Waals surface area contributed by atoms with Crippen molar-refractivity contribution in [3.8, 4) is 5.75 Å². The van der Waals surface area contributed by atoms with Crippen molar-refractivity contribution in [1.29, 1.82) is 0 Å². The summed E-state index contributed by atoms with van der Waals surface area (Å²) in [6, 6.07) is 6.89. The molecule has 0 fully saturated rings. The molecule has 0 unspecified atom stereocenters. The Morgan fingerprint density at radius 3 is 2.62 bits per heavy atom. The zero-order valence-corrected chi connectivity index (χ0v) is 13.2. The zero-order chi connectivity index (χ0) is 15.8. The molecular weight excluding hydrogens is 294 g/mol. The molecule has 0 heterocycles. The second-order valence-corrected chi connectivity index (χ2v) is 5.18. The minimum absolute atomic E-state index is 0.0514. The average Bonchev–Trinajstić information content (AvgIpc) is 2.44. The Hall–Kier alpha value is -1.75. The summed E-state index contributed by atoms with van der Waals surface area (Å²) in [5.74, 6) is 0.0182. The fourth-order valence-corrected chi connectivity index (χ4v) is 1.90. The van der Waals surface area contributed by atoms with Gasteiger partial charge in [-0.15, -0.1) is 0 Å². The summed E-state index contributed by atoms with van der Waals surface area (Å²) in [4.78, 5) is 24.9. The van der Waals surface area contributed by atoms with E-state index < -0.39 is 5.97 Å². The van der Waals surface area contributed by atoms with Gasteiger partial charge in [0.15, 0.2) is 0 Å². The summed E-state index contributed by atoms with van der Waals surface area (Å²) in [6.07, 6.45) is 0.182. The van der Waals surface area contributed by atoms with E-state index in [2.05, 4.69) is 4.74 Å². The summed E-state index contributed by atoms with van der Waals surface area (Å²) in [7, 11) is 1.30. The molecule has 1 aromatic rings. The highest BCUT2D eigenvalue weighted by Crippen LogP contribution is 2.17. The second-order valence-electron chi connectivity index (χ2n) is 4.75. The molecular formula is C15H20ClNO4. The molecule has 0 spiro atoms. The zero-order valence-electron chi connectivity index (χ0n) is 12.5. The van der Waals surface area contributed by atoms with Gasteiger partial charge in [0.05, 0.1) is 20.1 Å². The van der Waals surface area contributed by atoms with Gasteiger partial charge in [0, 0.05) is 11.1 Å². The molecule has 0 saturated heterocycles. The maximum absolute atomic E-state index is 12.1. The molecule has 5 nitrogen and oxygen atoms in total. The molecule has 0 aliphatic carbocycles. The number of nitrogens with zero attached hydrogens (tertiary/aromatic N) is 1. The Bertz CT molecular complexity index is 490. The van der Waals surface area contributed by atoms with Crippen LogP contribution in [0.4, 0.5) is 0 Å². The molecule has 0 aromatic heterocycles. The van der Waals surface area contributed by atoms with E-state index in [9.17, 15) is 9.59 Å². The molecule has 0 aliphatic heterocycles. The predicted octanol–water partition coefficient (Wildman–Crippen LogP) is 2.52. The summed E-state index contributed by atoms with van der Waals surface area (Å²) in [6.45, 7) is 3.87. The van der Waals surface area contributed by atoms with Crippen LogP contribution < -0.4 is 4.74 Å². The first kappa shape index (κ1) is 17.3. The van der Waals surface area contributed by atoms with Gasteiger partial charge >= 0.3 is 5.97 Å². The van der Waals surface area contributed by atoms with Crippen LogP contribution >= 0.6 is 11.6 Å². The lowest BCUT2D eigenvalue weighted by Crippen LogP contribution is -2.41. The molecule has 0 atom stereocenters. The van der Waals surface area contributed by atoms with Crippen LogP contribution in [-0.4, -0.2) is 43.1 Å². The summed E-state index contributed by atoms with van der Waals surface area (Å²) >= 11 is 5.85. The molecule has 0 bridgehead atoms. The average molecular weight is 314 g/mol. The molecule has 0 N–H and O–H groups in total. The van der Waals surface area contributed by atoms with Crippen molar-refractivity contribution in [2.75, 3.05) is 20.3 Å². The van der Waals surface area contributed by atoms with Crippen molar-refractivity contribution in [3.05, 3.63) is 29.3 Å². The van der Waals surface area contributed by atoms with E-state index in [1.165, 1.54) is 12.0 Å². The molecule has 1 amide bonds. The third-order valence-electron chi connectivity index (χ3n) is 2.85. The number of esters is 1. The Kier molecular flexibility index (Phi) is 7.02. The number of hydrogen-bond acceptors (Lipinski definition) is 4. The van der Waals surface area contributed by atoms with Gasteiger partial charge in [-0.25, -0.2) is 0 Å². The van der Waals surface area contributed by atoms with Gasteiger partial charge in [-0.1, -0.05) is 17.7 Å². The second kappa shape index (κ2) is 8.52. The fraction of sp³-hybridized carbons (Fsp3) is 0.467. The van der Waals surface area contributed by atoms with Gasteiger partial charge in [-0.2, -0.15) is 0 Å². The predicted molar refractivity (Wildman–Crippen MR) is 80.4 cm³/mol. The van der Waals surface area contributed by atoms with E-state index in [1.807, 2.05) is 13.8 Å². The maximum atomic E-state index is 12.1. The Morgan fingerprint density at radius 2 is 2.05 bits per heavy atom. The summed E-state index contributed by atoms with van der Waals surface area (Å²) in [5, 5.41) is 0.577. The first-order valence-corrected chi connectivity index (χ1v) is 7.06. The van der Waals surface area contributed by atoms with E-state index in [-0.39, 0.29) is 31.5 Å². The van der Waals surface area contributed by atoms with Crippen molar-refractivity contribution in [2.24, 2.45) is 0 Å². The van der Waals surface area contributed by atoms with Crippen LogP contribution in [0.3, 0.4) is 0 Å². The number of amides is 1. The fourth-order valence-electron chi connectivity index (χ4n) is 1.72. The van der Waals surface area contributed by atoms with Crippen LogP contribution in [0.1, 0.15) is 20.3 Å². The number of benzene rings is 1. The van der Waals surface area contributed by atoms with Gasteiger partial charge in [0.25, 0.3) is 0 Å². The van der Waals surface area contributed by atoms with Gasteiger partial charge in [-0.05, 0) is 32.0 Å². The van der Waals surface area contributed by atoms with E-state index >= 15 is 0 Å². The smallest absolute Gasteiger partial charge is 0.325 e. The lowest BCUT2D eigenvalue weighted by atomic mass is 10.2. The molecule has 6 heteroatoms. The first-order chi connectivity index (χ1) is 9.93. The van der Waals surface area contributed by atoms with E-state index in [4.69, 9.17) is 16.3 Å². The van der Waals surface area contributed by atoms with Gasteiger partial charge in [0.2, 0.25) is 5.91 Å². The monoisotopic (exact) mass is 313 g/mol. The van der Waals surface area contributed by atoms with Gasteiger partial charge in [-0.3, -0.25) is 9.59 Å². The van der Waals surface area contributed by atoms with Crippen LogP contribution in [-0.2, 0) is 14.3 Å². The van der Waals surface area contributed by atoms with Crippen molar-refractivity contribution < 1.29 is 19.1 Å². The van der Waals surface area contributed by atoms with Crippen LogP contribution in [0, 0.1) is 0 Å². The largest absolute Gasteiger partial charge is 0.493 e. The number of hydrogen-bond donors (Lipinski definition) is 0. The number of rotatable bonds is 7. The first-order valence-electron chi connectivity index (χ1n) is 6.68. The van der Waals surface area contributed by atoms with E-state index in [0.717, 1.165) is 0 Å². The molecule has 0 aliphatic rings. The molecule has 1 aromatic carbocycles. The summed E-state index contributed by atoms with van der Waals surface area (Å²) in [5.41, 5.74) is 0. The highest BCUT2D eigenvalue weighted by atomic mass is 35.5. The van der Waals surface area contributed by atoms with Crippen LogP contribution in [0.2, 0.25) is 5.02 Å². The SMILES string of the molecule is COC(=O)CN(C(=O)CCOc1cccc(Cl)c1)C(C)C. The van der Waals surface area contributed by atoms with E-state index in [0.29, 0.717) is 10.8 Å². The van der Waals surface area contributed by atoms with Crippen molar-refractivity contribution in [1.82, 2.24) is 4.90 Å². The normalized spacial score (nSPS) is 10.3. The van der Waals surface area contributed by atoms with E-state index in [1.54, 1.807) is 24.3 Å². The molecule has 21 heavy (non-hydrogen) atoms. The minimum Gasteiger partial charge on any atom is -0.493 e. The number of carbonyl (C=O) groups excluding carboxylic acids is 2. The Morgan fingerprint density at radius 1 is 1.33 bits per heavy atom. The van der Waals surface area contributed by atoms with Crippen LogP contribution in [0.25, 0.3) is 0 Å². The maximum Gasteiger partial charge on any atom is 0.325 e. The van der Waals surface area contributed by atoms with Crippen molar-refractivity contribution >= 4 is 23.5 Å². The topological polar surface area (TPSA) is 55.8 Å². The molecule has 0 saturated carbocycles. The minimum atomic E-state index is -0.437.